The monoisotopic (exact) mass is 264 g/mol. The molecule has 19 heavy (non-hydrogen) atoms. The van der Waals surface area contributed by atoms with Gasteiger partial charge in [-0.05, 0) is 24.5 Å². The van der Waals surface area contributed by atoms with Crippen molar-refractivity contribution in [3.05, 3.63) is 18.2 Å². The van der Waals surface area contributed by atoms with Crippen LogP contribution >= 0.6 is 0 Å². The second-order valence-corrected chi connectivity index (χ2v) is 5.21. The summed E-state index contributed by atoms with van der Waals surface area (Å²) in [5.74, 6) is 2.21. The Kier molecular flexibility index (Phi) is 4.53. The number of nitrogens with zero attached hydrogens (tertiary/aromatic N) is 1. The third kappa shape index (κ3) is 3.13. The van der Waals surface area contributed by atoms with Gasteiger partial charge in [-0.15, -0.1) is 0 Å². The number of anilines is 1. The molecule has 4 nitrogen and oxygen atoms in total. The van der Waals surface area contributed by atoms with Gasteiger partial charge in [0, 0.05) is 30.9 Å². The smallest absolute Gasteiger partial charge is 0.162 e. The van der Waals surface area contributed by atoms with Crippen molar-refractivity contribution in [2.75, 3.05) is 32.2 Å². The Labute approximate surface area is 115 Å². The molecule has 4 heteroatoms. The summed E-state index contributed by atoms with van der Waals surface area (Å²) in [6.45, 7) is 4.21. The molecule has 0 saturated carbocycles. The second kappa shape index (κ2) is 6.15. The molecule has 1 fully saturated rings. The Hall–Kier alpha value is -1.42. The molecule has 0 amide bonds. The van der Waals surface area contributed by atoms with Crippen LogP contribution in [0.4, 0.5) is 5.69 Å². The molecule has 0 aromatic heterocycles. The summed E-state index contributed by atoms with van der Waals surface area (Å²) in [7, 11) is 3.32. The second-order valence-electron chi connectivity index (χ2n) is 5.21. The number of piperidine rings is 1. The number of hydrogen-bond donors (Lipinski definition) is 1. The molecule has 2 N–H and O–H groups in total. The van der Waals surface area contributed by atoms with E-state index in [1.807, 2.05) is 12.1 Å². The van der Waals surface area contributed by atoms with Crippen LogP contribution in [0.1, 0.15) is 19.8 Å². The molecular weight excluding hydrogens is 240 g/mol. The lowest BCUT2D eigenvalue weighted by atomic mass is 9.92. The average molecular weight is 264 g/mol. The number of benzene rings is 1. The first-order valence-electron chi connectivity index (χ1n) is 6.90. The Morgan fingerprint density at radius 3 is 2.58 bits per heavy atom. The van der Waals surface area contributed by atoms with Crippen molar-refractivity contribution >= 4 is 5.69 Å². The Morgan fingerprint density at radius 2 is 1.95 bits per heavy atom. The van der Waals surface area contributed by atoms with Gasteiger partial charge in [0.2, 0.25) is 0 Å². The van der Waals surface area contributed by atoms with E-state index in [-0.39, 0.29) is 6.04 Å². The number of nitrogens with two attached hydrogens (primary N) is 1. The molecule has 1 aromatic carbocycles. The predicted octanol–water partition coefficient (Wildman–Crippen LogP) is 2.27. The van der Waals surface area contributed by atoms with Crippen LogP contribution in [0.2, 0.25) is 0 Å². The Balaban J connectivity index is 2.21. The molecule has 0 bridgehead atoms. The first-order valence-corrected chi connectivity index (χ1v) is 6.90. The number of rotatable bonds is 4. The largest absolute Gasteiger partial charge is 0.493 e. The first-order chi connectivity index (χ1) is 9.17. The third-order valence-electron chi connectivity index (χ3n) is 3.88. The molecule has 0 spiro atoms. The number of ether oxygens (including phenoxy) is 2. The maximum atomic E-state index is 6.16. The van der Waals surface area contributed by atoms with E-state index >= 15 is 0 Å². The van der Waals surface area contributed by atoms with Crippen molar-refractivity contribution in [2.45, 2.75) is 25.8 Å². The van der Waals surface area contributed by atoms with Crippen molar-refractivity contribution in [1.29, 1.82) is 0 Å². The summed E-state index contributed by atoms with van der Waals surface area (Å²) >= 11 is 0. The van der Waals surface area contributed by atoms with Crippen LogP contribution in [0.15, 0.2) is 18.2 Å². The highest BCUT2D eigenvalue weighted by Gasteiger charge is 2.24. The van der Waals surface area contributed by atoms with E-state index in [0.717, 1.165) is 36.7 Å². The molecular formula is C15H24N2O2. The molecule has 2 atom stereocenters. The van der Waals surface area contributed by atoms with E-state index < -0.39 is 0 Å². The van der Waals surface area contributed by atoms with Crippen LogP contribution in [0.3, 0.4) is 0 Å². The van der Waals surface area contributed by atoms with Gasteiger partial charge < -0.3 is 20.1 Å². The van der Waals surface area contributed by atoms with Gasteiger partial charge in [0.25, 0.3) is 0 Å². The maximum absolute atomic E-state index is 6.16. The molecule has 1 heterocycles. The van der Waals surface area contributed by atoms with Crippen LogP contribution in [-0.2, 0) is 0 Å². The van der Waals surface area contributed by atoms with Crippen LogP contribution in [-0.4, -0.2) is 33.4 Å². The van der Waals surface area contributed by atoms with E-state index in [4.69, 9.17) is 15.2 Å². The van der Waals surface area contributed by atoms with Crippen LogP contribution < -0.4 is 20.1 Å². The van der Waals surface area contributed by atoms with Crippen molar-refractivity contribution in [3.63, 3.8) is 0 Å². The quantitative estimate of drug-likeness (QED) is 0.906. The molecule has 106 valence electrons. The van der Waals surface area contributed by atoms with Crippen molar-refractivity contribution in [3.8, 4) is 11.5 Å². The van der Waals surface area contributed by atoms with Crippen molar-refractivity contribution in [2.24, 2.45) is 11.7 Å². The minimum atomic E-state index is 0.256. The van der Waals surface area contributed by atoms with Crippen molar-refractivity contribution < 1.29 is 9.47 Å². The molecule has 2 unspecified atom stereocenters. The van der Waals surface area contributed by atoms with Gasteiger partial charge >= 0.3 is 0 Å². The number of hydrogen-bond acceptors (Lipinski definition) is 4. The molecule has 0 aliphatic carbocycles. The van der Waals surface area contributed by atoms with Gasteiger partial charge in [0.1, 0.15) is 0 Å². The fraction of sp³-hybridized carbons (Fsp3) is 0.600. The van der Waals surface area contributed by atoms with Gasteiger partial charge in [-0.1, -0.05) is 13.3 Å². The summed E-state index contributed by atoms with van der Waals surface area (Å²) in [5.41, 5.74) is 7.32. The lowest BCUT2D eigenvalue weighted by molar-refractivity contribution is 0.352. The van der Waals surface area contributed by atoms with E-state index in [2.05, 4.69) is 17.9 Å². The molecule has 0 radical (unpaired) electrons. The van der Waals surface area contributed by atoms with Crippen LogP contribution in [0, 0.1) is 5.92 Å². The summed E-state index contributed by atoms with van der Waals surface area (Å²) in [6.07, 6.45) is 2.30. The summed E-state index contributed by atoms with van der Waals surface area (Å²) in [4.78, 5) is 2.35. The fourth-order valence-electron chi connectivity index (χ4n) is 2.77. The minimum Gasteiger partial charge on any atom is -0.493 e. The zero-order valence-corrected chi connectivity index (χ0v) is 12.1. The lowest BCUT2D eigenvalue weighted by Gasteiger charge is -2.37. The molecule has 1 aromatic rings. The molecule has 1 saturated heterocycles. The minimum absolute atomic E-state index is 0.256. The highest BCUT2D eigenvalue weighted by molar-refractivity contribution is 5.56. The van der Waals surface area contributed by atoms with E-state index in [1.54, 1.807) is 14.2 Å². The first kappa shape index (κ1) is 14.0. The summed E-state index contributed by atoms with van der Waals surface area (Å²) in [6, 6.07) is 6.32. The normalized spacial score (nSPS) is 23.3. The SMILES string of the molecule is CCC1CC(N)CN(c2ccc(OC)c(OC)c2)C1. The van der Waals surface area contributed by atoms with E-state index in [1.165, 1.54) is 6.42 Å². The van der Waals surface area contributed by atoms with Gasteiger partial charge in [0.15, 0.2) is 11.5 Å². The third-order valence-corrected chi connectivity index (χ3v) is 3.88. The number of methoxy groups -OCH3 is 2. The molecule has 2 rings (SSSR count). The average Bonchev–Trinajstić information content (AvgIpc) is 2.45. The van der Waals surface area contributed by atoms with Gasteiger partial charge in [-0.2, -0.15) is 0 Å². The predicted molar refractivity (Wildman–Crippen MR) is 78.1 cm³/mol. The Bertz CT molecular complexity index is 423. The molecule has 1 aliphatic heterocycles. The van der Waals surface area contributed by atoms with Gasteiger partial charge in [-0.3, -0.25) is 0 Å². The molecule has 1 aliphatic rings. The standard InChI is InChI=1S/C15H24N2O2/c1-4-11-7-12(16)10-17(9-11)13-5-6-14(18-2)15(8-13)19-3/h5-6,8,11-12H,4,7,9-10,16H2,1-3H3. The van der Waals surface area contributed by atoms with Crippen molar-refractivity contribution in [1.82, 2.24) is 0 Å². The van der Waals surface area contributed by atoms with Gasteiger partial charge in [-0.25, -0.2) is 0 Å². The lowest BCUT2D eigenvalue weighted by Crippen LogP contribution is -2.47. The maximum Gasteiger partial charge on any atom is 0.162 e. The topological polar surface area (TPSA) is 47.7 Å². The van der Waals surface area contributed by atoms with E-state index in [9.17, 15) is 0 Å². The highest BCUT2D eigenvalue weighted by atomic mass is 16.5. The summed E-state index contributed by atoms with van der Waals surface area (Å²) < 4.78 is 10.6. The highest BCUT2D eigenvalue weighted by Crippen LogP contribution is 2.33. The Morgan fingerprint density at radius 1 is 1.21 bits per heavy atom. The fourth-order valence-corrected chi connectivity index (χ4v) is 2.77. The van der Waals surface area contributed by atoms with Crippen LogP contribution in [0.25, 0.3) is 0 Å². The summed E-state index contributed by atoms with van der Waals surface area (Å²) in [5, 5.41) is 0. The van der Waals surface area contributed by atoms with E-state index in [0.29, 0.717) is 5.92 Å². The van der Waals surface area contributed by atoms with Gasteiger partial charge in [0.05, 0.1) is 14.2 Å². The van der Waals surface area contributed by atoms with Crippen LogP contribution in [0.5, 0.6) is 11.5 Å². The zero-order valence-electron chi connectivity index (χ0n) is 12.1. The zero-order chi connectivity index (χ0) is 13.8.